The summed E-state index contributed by atoms with van der Waals surface area (Å²) >= 11 is 0. The second-order valence-electron chi connectivity index (χ2n) is 5.30. The van der Waals surface area contributed by atoms with Crippen molar-refractivity contribution in [1.82, 2.24) is 10.2 Å². The van der Waals surface area contributed by atoms with Crippen molar-refractivity contribution in [2.45, 2.75) is 13.1 Å². The van der Waals surface area contributed by atoms with Gasteiger partial charge in [0.15, 0.2) is 5.96 Å². The first-order valence-corrected chi connectivity index (χ1v) is 7.52. The van der Waals surface area contributed by atoms with E-state index in [0.717, 1.165) is 23.4 Å². The lowest BCUT2D eigenvalue weighted by atomic mass is 10.2. The molecule has 0 aliphatic carbocycles. The molecule has 1 N–H and O–H groups in total. The van der Waals surface area contributed by atoms with Crippen molar-refractivity contribution in [3.05, 3.63) is 65.2 Å². The molecule has 0 aliphatic rings. The zero-order valence-corrected chi connectivity index (χ0v) is 16.8. The van der Waals surface area contributed by atoms with Crippen molar-refractivity contribution < 1.29 is 13.5 Å². The number of hydrogen-bond donors (Lipinski definition) is 1. The topological polar surface area (TPSA) is 36.9 Å². The van der Waals surface area contributed by atoms with Gasteiger partial charge < -0.3 is 15.0 Å². The smallest absolute Gasteiger partial charge is 0.193 e. The number of rotatable bonds is 5. The van der Waals surface area contributed by atoms with Gasteiger partial charge in [0.2, 0.25) is 0 Å². The summed E-state index contributed by atoms with van der Waals surface area (Å²) in [6.45, 7) is 0.710. The third-order valence-electron chi connectivity index (χ3n) is 3.62. The highest BCUT2D eigenvalue weighted by atomic mass is 127. The Hall–Kier alpha value is -1.90. The Morgan fingerprint density at radius 3 is 2.56 bits per heavy atom. The van der Waals surface area contributed by atoms with Crippen molar-refractivity contribution in [1.29, 1.82) is 0 Å². The van der Waals surface area contributed by atoms with Crippen LogP contribution < -0.4 is 10.1 Å². The summed E-state index contributed by atoms with van der Waals surface area (Å²) in [7, 11) is 5.13. The van der Waals surface area contributed by atoms with Crippen LogP contribution in [0.25, 0.3) is 0 Å². The first-order valence-electron chi connectivity index (χ1n) is 7.52. The van der Waals surface area contributed by atoms with Crippen LogP contribution in [0.15, 0.2) is 47.5 Å². The molecule has 2 rings (SSSR count). The molecule has 0 unspecified atom stereocenters. The predicted octanol–water partition coefficient (Wildman–Crippen LogP) is 3.80. The van der Waals surface area contributed by atoms with Crippen molar-refractivity contribution >= 4 is 29.9 Å². The second-order valence-corrected chi connectivity index (χ2v) is 5.30. The van der Waals surface area contributed by atoms with Gasteiger partial charge in [0, 0.05) is 38.3 Å². The molecule has 2 aromatic rings. The molecule has 0 fully saturated rings. The first-order chi connectivity index (χ1) is 11.5. The molecule has 0 atom stereocenters. The number of guanidine groups is 1. The highest BCUT2D eigenvalue weighted by molar-refractivity contribution is 14.0. The Labute approximate surface area is 163 Å². The Bertz CT molecular complexity index is 725. The van der Waals surface area contributed by atoms with E-state index < -0.39 is 11.6 Å². The number of methoxy groups -OCH3 is 1. The van der Waals surface area contributed by atoms with E-state index in [9.17, 15) is 8.78 Å². The molecular weight excluding hydrogens is 439 g/mol. The van der Waals surface area contributed by atoms with Crippen LogP contribution in [0, 0.1) is 11.6 Å². The number of aliphatic imine (C=N–C) groups is 1. The fourth-order valence-corrected chi connectivity index (χ4v) is 2.40. The highest BCUT2D eigenvalue weighted by Gasteiger charge is 2.11. The first kappa shape index (κ1) is 21.1. The molecule has 0 bridgehead atoms. The molecule has 2 aromatic carbocycles. The molecule has 7 heteroatoms. The number of benzene rings is 2. The van der Waals surface area contributed by atoms with Gasteiger partial charge in [0.1, 0.15) is 17.4 Å². The third-order valence-corrected chi connectivity index (χ3v) is 3.62. The number of para-hydroxylation sites is 1. The van der Waals surface area contributed by atoms with Crippen molar-refractivity contribution in [3.8, 4) is 5.75 Å². The summed E-state index contributed by atoms with van der Waals surface area (Å²) < 4.78 is 32.3. The summed E-state index contributed by atoms with van der Waals surface area (Å²) in [5.74, 6) is 0.442. The van der Waals surface area contributed by atoms with E-state index in [1.54, 1.807) is 14.2 Å². The molecule has 0 radical (unpaired) electrons. The minimum absolute atomic E-state index is 0. The summed E-state index contributed by atoms with van der Waals surface area (Å²) in [6, 6.07) is 11.1. The molecular formula is C18H22F2IN3O. The van der Waals surface area contributed by atoms with E-state index >= 15 is 0 Å². The fraction of sp³-hybridized carbons (Fsp3) is 0.278. The van der Waals surface area contributed by atoms with E-state index in [1.165, 1.54) is 6.07 Å². The van der Waals surface area contributed by atoms with Gasteiger partial charge in [-0.1, -0.05) is 18.2 Å². The van der Waals surface area contributed by atoms with Gasteiger partial charge in [-0.15, -0.1) is 24.0 Å². The quantitative estimate of drug-likeness (QED) is 0.418. The van der Waals surface area contributed by atoms with Crippen LogP contribution in [-0.2, 0) is 13.1 Å². The van der Waals surface area contributed by atoms with Crippen LogP contribution in [0.5, 0.6) is 5.75 Å². The van der Waals surface area contributed by atoms with Crippen LogP contribution in [0.1, 0.15) is 11.1 Å². The van der Waals surface area contributed by atoms with Crippen LogP contribution >= 0.6 is 24.0 Å². The molecule has 0 aliphatic heterocycles. The molecule has 0 amide bonds. The maximum atomic E-state index is 13.7. The Morgan fingerprint density at radius 1 is 1.16 bits per heavy atom. The molecule has 0 saturated carbocycles. The molecule has 136 valence electrons. The minimum atomic E-state index is -0.467. The SMILES string of the molecule is CN=C(NCc1cc(F)ccc1F)N(C)Cc1ccccc1OC.I. The lowest BCUT2D eigenvalue weighted by molar-refractivity contribution is 0.396. The van der Waals surface area contributed by atoms with Gasteiger partial charge in [0.05, 0.1) is 7.11 Å². The summed E-state index contributed by atoms with van der Waals surface area (Å²) in [5, 5.41) is 3.04. The van der Waals surface area contributed by atoms with E-state index in [0.29, 0.717) is 12.5 Å². The average Bonchev–Trinajstić information content (AvgIpc) is 2.58. The zero-order valence-electron chi connectivity index (χ0n) is 14.4. The summed E-state index contributed by atoms with van der Waals surface area (Å²) in [5.41, 5.74) is 1.25. The van der Waals surface area contributed by atoms with Crippen LogP contribution in [0.3, 0.4) is 0 Å². The largest absolute Gasteiger partial charge is 0.496 e. The number of halogens is 3. The minimum Gasteiger partial charge on any atom is -0.496 e. The number of nitrogens with zero attached hydrogens (tertiary/aromatic N) is 2. The summed E-state index contributed by atoms with van der Waals surface area (Å²) in [6.07, 6.45) is 0. The highest BCUT2D eigenvalue weighted by Crippen LogP contribution is 2.18. The third kappa shape index (κ3) is 5.84. The van der Waals surface area contributed by atoms with Gasteiger partial charge in [-0.2, -0.15) is 0 Å². The lowest BCUT2D eigenvalue weighted by Crippen LogP contribution is -2.38. The maximum Gasteiger partial charge on any atom is 0.193 e. The summed E-state index contributed by atoms with van der Waals surface area (Å²) in [4.78, 5) is 6.07. The Morgan fingerprint density at radius 2 is 1.88 bits per heavy atom. The Balaban J connectivity index is 0.00000312. The standard InChI is InChI=1S/C18H21F2N3O.HI/c1-21-18(22-11-14-10-15(19)8-9-16(14)20)23(2)12-13-6-4-5-7-17(13)24-3;/h4-10H,11-12H2,1-3H3,(H,21,22);1H. The van der Waals surface area contributed by atoms with Gasteiger partial charge in [-0.3, -0.25) is 4.99 Å². The number of ether oxygens (including phenoxy) is 1. The van der Waals surface area contributed by atoms with E-state index in [-0.39, 0.29) is 36.1 Å². The monoisotopic (exact) mass is 461 g/mol. The molecule has 4 nitrogen and oxygen atoms in total. The van der Waals surface area contributed by atoms with Gasteiger partial charge in [-0.25, -0.2) is 8.78 Å². The van der Waals surface area contributed by atoms with Gasteiger partial charge in [0.25, 0.3) is 0 Å². The molecule has 0 aromatic heterocycles. The van der Waals surface area contributed by atoms with E-state index in [1.807, 2.05) is 36.2 Å². The van der Waals surface area contributed by atoms with Crippen molar-refractivity contribution in [3.63, 3.8) is 0 Å². The van der Waals surface area contributed by atoms with Gasteiger partial charge in [-0.05, 0) is 24.3 Å². The van der Waals surface area contributed by atoms with Crippen molar-refractivity contribution in [2.75, 3.05) is 21.2 Å². The second kappa shape index (κ2) is 10.2. The number of hydrogen-bond acceptors (Lipinski definition) is 2. The zero-order chi connectivity index (χ0) is 17.5. The molecule has 0 heterocycles. The molecule has 25 heavy (non-hydrogen) atoms. The molecule has 0 spiro atoms. The Kier molecular flexibility index (Phi) is 8.60. The predicted molar refractivity (Wildman–Crippen MR) is 106 cm³/mol. The maximum absolute atomic E-state index is 13.7. The molecule has 0 saturated heterocycles. The van der Waals surface area contributed by atoms with Crippen LogP contribution in [0.2, 0.25) is 0 Å². The lowest BCUT2D eigenvalue weighted by Gasteiger charge is -2.23. The fourth-order valence-electron chi connectivity index (χ4n) is 2.40. The average molecular weight is 461 g/mol. The van der Waals surface area contributed by atoms with Crippen molar-refractivity contribution in [2.24, 2.45) is 4.99 Å². The van der Waals surface area contributed by atoms with Crippen LogP contribution in [-0.4, -0.2) is 32.1 Å². The van der Waals surface area contributed by atoms with E-state index in [2.05, 4.69) is 10.3 Å². The van der Waals surface area contributed by atoms with E-state index in [4.69, 9.17) is 4.74 Å². The van der Waals surface area contributed by atoms with Crippen LogP contribution in [0.4, 0.5) is 8.78 Å². The van der Waals surface area contributed by atoms with Gasteiger partial charge >= 0.3 is 0 Å². The normalized spacial score (nSPS) is 10.8. The number of nitrogens with one attached hydrogen (secondary N) is 1.